The summed E-state index contributed by atoms with van der Waals surface area (Å²) in [6, 6.07) is 7.33. The molecular weight excluding hydrogens is 266 g/mol. The van der Waals surface area contributed by atoms with Crippen LogP contribution in [0.5, 0.6) is 0 Å². The molecule has 2 atom stereocenters. The van der Waals surface area contributed by atoms with Gasteiger partial charge >= 0.3 is 0 Å². The molecule has 0 bridgehead atoms. The molecule has 3 nitrogen and oxygen atoms in total. The molecule has 1 aromatic carbocycles. The zero-order valence-electron chi connectivity index (χ0n) is 12.3. The molecule has 0 aliphatic carbocycles. The fourth-order valence-corrected chi connectivity index (χ4v) is 3.76. The van der Waals surface area contributed by atoms with Crippen molar-refractivity contribution < 1.29 is 0 Å². The summed E-state index contributed by atoms with van der Waals surface area (Å²) < 4.78 is 1.29. The van der Waals surface area contributed by atoms with Gasteiger partial charge in [-0.2, -0.15) is 0 Å². The number of rotatable bonds is 4. The second kappa shape index (κ2) is 6.10. The molecule has 0 radical (unpaired) electrons. The number of fused-ring (bicyclic) bond motifs is 1. The Morgan fingerprint density at radius 3 is 3.15 bits per heavy atom. The molecule has 1 N–H and O–H groups in total. The minimum Gasteiger partial charge on any atom is -0.371 e. The smallest absolute Gasteiger partial charge is 0.0813 e. The normalized spacial score (nSPS) is 23.4. The SMILES string of the molecule is CCCNC1CCN(c2ccc3ncsc3c2)CC1C. The van der Waals surface area contributed by atoms with E-state index in [4.69, 9.17) is 0 Å². The monoisotopic (exact) mass is 289 g/mol. The fourth-order valence-electron chi connectivity index (χ4n) is 3.05. The van der Waals surface area contributed by atoms with Gasteiger partial charge in [-0.1, -0.05) is 13.8 Å². The van der Waals surface area contributed by atoms with Crippen molar-refractivity contribution in [1.82, 2.24) is 10.3 Å². The minimum atomic E-state index is 0.679. The zero-order valence-corrected chi connectivity index (χ0v) is 13.1. The van der Waals surface area contributed by atoms with Crippen LogP contribution in [0, 0.1) is 5.92 Å². The first-order valence-electron chi connectivity index (χ1n) is 7.59. The molecule has 2 heterocycles. The first-order valence-corrected chi connectivity index (χ1v) is 8.47. The average molecular weight is 289 g/mol. The number of hydrogen-bond donors (Lipinski definition) is 1. The Kier molecular flexibility index (Phi) is 4.22. The van der Waals surface area contributed by atoms with Crippen molar-refractivity contribution in [2.45, 2.75) is 32.7 Å². The molecule has 3 rings (SSSR count). The Bertz CT molecular complexity index is 566. The third-order valence-electron chi connectivity index (χ3n) is 4.24. The number of benzene rings is 1. The van der Waals surface area contributed by atoms with E-state index in [1.165, 1.54) is 23.2 Å². The van der Waals surface area contributed by atoms with Crippen LogP contribution in [0.3, 0.4) is 0 Å². The summed E-state index contributed by atoms with van der Waals surface area (Å²) in [5, 5.41) is 3.68. The van der Waals surface area contributed by atoms with Gasteiger partial charge in [-0.3, -0.25) is 0 Å². The van der Waals surface area contributed by atoms with E-state index in [9.17, 15) is 0 Å². The highest BCUT2D eigenvalue weighted by atomic mass is 32.1. The maximum Gasteiger partial charge on any atom is 0.0813 e. The average Bonchev–Trinajstić information content (AvgIpc) is 2.93. The van der Waals surface area contributed by atoms with Crippen molar-refractivity contribution in [3.05, 3.63) is 23.7 Å². The highest BCUT2D eigenvalue weighted by molar-refractivity contribution is 7.16. The molecule has 20 heavy (non-hydrogen) atoms. The van der Waals surface area contributed by atoms with Crippen molar-refractivity contribution in [3.8, 4) is 0 Å². The Balaban J connectivity index is 1.69. The van der Waals surface area contributed by atoms with Crippen LogP contribution in [0.4, 0.5) is 5.69 Å². The van der Waals surface area contributed by atoms with Gasteiger partial charge in [-0.15, -0.1) is 11.3 Å². The summed E-state index contributed by atoms with van der Waals surface area (Å²) in [6.45, 7) is 8.03. The Labute approximate surface area is 125 Å². The fraction of sp³-hybridized carbons (Fsp3) is 0.562. The molecule has 0 amide bonds. The van der Waals surface area contributed by atoms with Crippen LogP contribution in [0.1, 0.15) is 26.7 Å². The maximum absolute atomic E-state index is 4.36. The second-order valence-corrected chi connectivity index (χ2v) is 6.66. The van der Waals surface area contributed by atoms with E-state index in [1.807, 2.05) is 5.51 Å². The Morgan fingerprint density at radius 1 is 1.45 bits per heavy atom. The van der Waals surface area contributed by atoms with Crippen molar-refractivity contribution in [2.24, 2.45) is 5.92 Å². The van der Waals surface area contributed by atoms with Crippen molar-refractivity contribution in [3.63, 3.8) is 0 Å². The predicted octanol–water partition coefficient (Wildman–Crippen LogP) is 3.51. The lowest BCUT2D eigenvalue weighted by Gasteiger charge is -2.38. The lowest BCUT2D eigenvalue weighted by molar-refractivity contribution is 0.322. The Hall–Kier alpha value is -1.13. The standard InChI is InChI=1S/C16H23N3S/c1-3-7-17-14-6-8-19(10-12(14)2)13-4-5-15-16(9-13)20-11-18-15/h4-5,9,11-12,14,17H,3,6-8,10H2,1-2H3. The van der Waals surface area contributed by atoms with Crippen LogP contribution in [0.2, 0.25) is 0 Å². The number of thiazole rings is 1. The number of nitrogens with one attached hydrogen (secondary N) is 1. The molecule has 1 aromatic heterocycles. The quantitative estimate of drug-likeness (QED) is 0.933. The van der Waals surface area contributed by atoms with Gasteiger partial charge in [0, 0.05) is 24.8 Å². The van der Waals surface area contributed by atoms with Crippen molar-refractivity contribution in [2.75, 3.05) is 24.5 Å². The first-order chi connectivity index (χ1) is 9.78. The predicted molar refractivity (Wildman–Crippen MR) is 87.7 cm³/mol. The van der Waals surface area contributed by atoms with Gasteiger partial charge in [0.25, 0.3) is 0 Å². The first kappa shape index (κ1) is 13.8. The van der Waals surface area contributed by atoms with Gasteiger partial charge in [0.05, 0.1) is 15.7 Å². The third-order valence-corrected chi connectivity index (χ3v) is 5.03. The third kappa shape index (κ3) is 2.81. The molecule has 1 fully saturated rings. The summed E-state index contributed by atoms with van der Waals surface area (Å²) in [5.41, 5.74) is 4.40. The van der Waals surface area contributed by atoms with E-state index in [2.05, 4.69) is 47.2 Å². The van der Waals surface area contributed by atoms with Gasteiger partial charge in [-0.25, -0.2) is 4.98 Å². The second-order valence-electron chi connectivity index (χ2n) is 5.78. The van der Waals surface area contributed by atoms with Crippen molar-refractivity contribution >= 4 is 27.2 Å². The van der Waals surface area contributed by atoms with E-state index in [1.54, 1.807) is 11.3 Å². The molecule has 0 saturated carbocycles. The molecule has 4 heteroatoms. The van der Waals surface area contributed by atoms with E-state index in [-0.39, 0.29) is 0 Å². The summed E-state index contributed by atoms with van der Waals surface area (Å²) in [6.07, 6.45) is 2.46. The van der Waals surface area contributed by atoms with Gasteiger partial charge in [0.2, 0.25) is 0 Å². The van der Waals surface area contributed by atoms with Gasteiger partial charge < -0.3 is 10.2 Å². The summed E-state index contributed by atoms with van der Waals surface area (Å²) in [7, 11) is 0. The topological polar surface area (TPSA) is 28.2 Å². The lowest BCUT2D eigenvalue weighted by atomic mass is 9.93. The van der Waals surface area contributed by atoms with Crippen LogP contribution in [-0.2, 0) is 0 Å². The van der Waals surface area contributed by atoms with Crippen LogP contribution in [-0.4, -0.2) is 30.7 Å². The van der Waals surface area contributed by atoms with E-state index >= 15 is 0 Å². The minimum absolute atomic E-state index is 0.679. The number of nitrogens with zero attached hydrogens (tertiary/aromatic N) is 2. The van der Waals surface area contributed by atoms with Crippen LogP contribution >= 0.6 is 11.3 Å². The Morgan fingerprint density at radius 2 is 2.35 bits per heavy atom. The molecule has 108 valence electrons. The summed E-state index contributed by atoms with van der Waals surface area (Å²) in [4.78, 5) is 6.88. The van der Waals surface area contributed by atoms with Crippen LogP contribution < -0.4 is 10.2 Å². The molecule has 1 saturated heterocycles. The maximum atomic E-state index is 4.36. The largest absolute Gasteiger partial charge is 0.371 e. The lowest BCUT2D eigenvalue weighted by Crippen LogP contribution is -2.48. The molecule has 2 unspecified atom stereocenters. The summed E-state index contributed by atoms with van der Waals surface area (Å²) in [5.74, 6) is 0.701. The summed E-state index contributed by atoms with van der Waals surface area (Å²) >= 11 is 1.73. The van der Waals surface area contributed by atoms with Gasteiger partial charge in [-0.05, 0) is 43.5 Å². The van der Waals surface area contributed by atoms with Crippen molar-refractivity contribution in [1.29, 1.82) is 0 Å². The molecule has 2 aromatic rings. The highest BCUT2D eigenvalue weighted by Gasteiger charge is 2.25. The highest BCUT2D eigenvalue weighted by Crippen LogP contribution is 2.28. The molecule has 1 aliphatic rings. The molecule has 1 aliphatic heterocycles. The van der Waals surface area contributed by atoms with Crippen LogP contribution in [0.25, 0.3) is 10.2 Å². The number of anilines is 1. The van der Waals surface area contributed by atoms with E-state index < -0.39 is 0 Å². The van der Waals surface area contributed by atoms with E-state index in [0.717, 1.165) is 25.2 Å². The van der Waals surface area contributed by atoms with E-state index in [0.29, 0.717) is 12.0 Å². The number of aromatic nitrogens is 1. The van der Waals surface area contributed by atoms with Gasteiger partial charge in [0.15, 0.2) is 0 Å². The molecule has 0 spiro atoms. The van der Waals surface area contributed by atoms with Gasteiger partial charge in [0.1, 0.15) is 0 Å². The zero-order chi connectivity index (χ0) is 13.9. The van der Waals surface area contributed by atoms with Crippen LogP contribution in [0.15, 0.2) is 23.7 Å². The number of hydrogen-bond acceptors (Lipinski definition) is 4. The number of piperidine rings is 1. The molecular formula is C16H23N3S.